The number of pyridine rings is 1. The number of nitrogens with one attached hydrogen (secondary N) is 1. The quantitative estimate of drug-likeness (QED) is 0.712. The van der Waals surface area contributed by atoms with E-state index in [0.29, 0.717) is 17.8 Å². The second-order valence-electron chi connectivity index (χ2n) is 5.84. The largest absolute Gasteiger partial charge is 0.346 e. The van der Waals surface area contributed by atoms with Gasteiger partial charge in [-0.25, -0.2) is 8.42 Å². The molecule has 3 rings (SSSR count). The van der Waals surface area contributed by atoms with Crippen LogP contribution in [-0.2, 0) is 16.6 Å². The lowest BCUT2D eigenvalue weighted by Crippen LogP contribution is -2.27. The van der Waals surface area contributed by atoms with Crippen LogP contribution >= 0.6 is 0 Å². The van der Waals surface area contributed by atoms with Crippen LogP contribution in [0.4, 0.5) is 5.69 Å². The van der Waals surface area contributed by atoms with Gasteiger partial charge in [-0.3, -0.25) is 14.1 Å². The molecule has 0 fully saturated rings. The minimum Gasteiger partial charge on any atom is -0.346 e. The highest BCUT2D eigenvalue weighted by Crippen LogP contribution is 2.22. The van der Waals surface area contributed by atoms with E-state index >= 15 is 0 Å². The van der Waals surface area contributed by atoms with Gasteiger partial charge < -0.3 is 5.32 Å². The van der Waals surface area contributed by atoms with Crippen LogP contribution in [0.15, 0.2) is 83.9 Å². The van der Waals surface area contributed by atoms with Crippen LogP contribution in [0, 0.1) is 0 Å². The van der Waals surface area contributed by atoms with Gasteiger partial charge in [0.2, 0.25) is 0 Å². The number of nitrogens with zero attached hydrogens (tertiary/aromatic N) is 2. The maximum atomic E-state index is 12.7. The predicted molar refractivity (Wildman–Crippen MR) is 104 cm³/mol. The fourth-order valence-corrected chi connectivity index (χ4v) is 3.72. The average molecular weight is 381 g/mol. The minimum absolute atomic E-state index is 0.192. The molecule has 1 N–H and O–H groups in total. The second-order valence-corrected chi connectivity index (χ2v) is 7.81. The van der Waals surface area contributed by atoms with Crippen LogP contribution in [0.25, 0.3) is 0 Å². The molecule has 0 unspecified atom stereocenters. The fraction of sp³-hybridized carbons (Fsp3) is 0.100. The van der Waals surface area contributed by atoms with E-state index in [0.717, 1.165) is 10.00 Å². The number of carbonyl (C=O) groups is 1. The van der Waals surface area contributed by atoms with Crippen LogP contribution in [0.5, 0.6) is 0 Å². The van der Waals surface area contributed by atoms with Crippen LogP contribution in [0.1, 0.15) is 16.1 Å². The SMILES string of the molecule is CN(c1cccc(C(=O)NCc2ccccn2)c1)S(=O)(=O)c1ccccc1. The normalized spacial score (nSPS) is 11.0. The van der Waals surface area contributed by atoms with Crippen molar-refractivity contribution in [3.05, 3.63) is 90.3 Å². The molecule has 3 aromatic rings. The number of sulfonamides is 1. The monoisotopic (exact) mass is 381 g/mol. The summed E-state index contributed by atoms with van der Waals surface area (Å²) < 4.78 is 26.6. The third kappa shape index (κ3) is 4.32. The van der Waals surface area contributed by atoms with Gasteiger partial charge in [-0.15, -0.1) is 0 Å². The van der Waals surface area contributed by atoms with Crippen molar-refractivity contribution >= 4 is 21.6 Å². The molecule has 0 atom stereocenters. The van der Waals surface area contributed by atoms with Crippen LogP contribution < -0.4 is 9.62 Å². The summed E-state index contributed by atoms with van der Waals surface area (Å²) in [4.78, 5) is 16.8. The summed E-state index contributed by atoms with van der Waals surface area (Å²) in [6.07, 6.45) is 1.66. The molecule has 2 aromatic carbocycles. The smallest absolute Gasteiger partial charge is 0.264 e. The number of amides is 1. The van der Waals surface area contributed by atoms with Gasteiger partial charge in [0.1, 0.15) is 0 Å². The lowest BCUT2D eigenvalue weighted by Gasteiger charge is -2.20. The Hall–Kier alpha value is -3.19. The third-order valence-corrected chi connectivity index (χ3v) is 5.83. The number of hydrogen-bond acceptors (Lipinski definition) is 4. The Bertz CT molecular complexity index is 1020. The second kappa shape index (κ2) is 8.01. The van der Waals surface area contributed by atoms with E-state index in [9.17, 15) is 13.2 Å². The Kier molecular flexibility index (Phi) is 5.52. The van der Waals surface area contributed by atoms with Gasteiger partial charge in [0.15, 0.2) is 0 Å². The van der Waals surface area contributed by atoms with Crippen molar-refractivity contribution in [2.45, 2.75) is 11.4 Å². The predicted octanol–water partition coefficient (Wildman–Crippen LogP) is 2.84. The molecule has 1 heterocycles. The first kappa shape index (κ1) is 18.6. The van der Waals surface area contributed by atoms with Crippen molar-refractivity contribution < 1.29 is 13.2 Å². The molecule has 138 valence electrons. The molecule has 1 amide bonds. The maximum Gasteiger partial charge on any atom is 0.264 e. The molecule has 0 aliphatic rings. The first-order valence-electron chi connectivity index (χ1n) is 8.30. The highest BCUT2D eigenvalue weighted by molar-refractivity contribution is 7.92. The number of rotatable bonds is 6. The molecule has 7 heteroatoms. The zero-order valence-electron chi connectivity index (χ0n) is 14.7. The zero-order valence-corrected chi connectivity index (χ0v) is 15.6. The first-order valence-corrected chi connectivity index (χ1v) is 9.74. The number of hydrogen-bond donors (Lipinski definition) is 1. The summed E-state index contributed by atoms with van der Waals surface area (Å²) in [6, 6.07) is 20.1. The van der Waals surface area contributed by atoms with Gasteiger partial charge in [-0.1, -0.05) is 30.3 Å². The first-order chi connectivity index (χ1) is 13.0. The van der Waals surface area contributed by atoms with Crippen molar-refractivity contribution in [2.24, 2.45) is 0 Å². The average Bonchev–Trinajstić information content (AvgIpc) is 2.73. The van der Waals surface area contributed by atoms with Gasteiger partial charge >= 0.3 is 0 Å². The van der Waals surface area contributed by atoms with E-state index in [4.69, 9.17) is 0 Å². The maximum absolute atomic E-state index is 12.7. The Morgan fingerprint density at radius 3 is 2.44 bits per heavy atom. The highest BCUT2D eigenvalue weighted by atomic mass is 32.2. The van der Waals surface area contributed by atoms with Gasteiger partial charge in [-0.05, 0) is 42.5 Å². The van der Waals surface area contributed by atoms with Gasteiger partial charge in [-0.2, -0.15) is 0 Å². The van der Waals surface area contributed by atoms with Crippen molar-refractivity contribution in [2.75, 3.05) is 11.4 Å². The summed E-state index contributed by atoms with van der Waals surface area (Å²) in [5, 5.41) is 2.78. The third-order valence-electron chi connectivity index (χ3n) is 4.03. The molecule has 27 heavy (non-hydrogen) atoms. The van der Waals surface area contributed by atoms with Crippen LogP contribution in [0.2, 0.25) is 0 Å². The summed E-state index contributed by atoms with van der Waals surface area (Å²) >= 11 is 0. The van der Waals surface area contributed by atoms with Crippen LogP contribution in [-0.4, -0.2) is 26.4 Å². The minimum atomic E-state index is -3.70. The van der Waals surface area contributed by atoms with E-state index in [1.807, 2.05) is 12.1 Å². The summed E-state index contributed by atoms with van der Waals surface area (Å²) in [5.74, 6) is -0.298. The van der Waals surface area contributed by atoms with E-state index in [1.54, 1.807) is 54.7 Å². The molecule has 0 spiro atoms. The molecule has 0 aliphatic carbocycles. The molecule has 0 saturated heterocycles. The summed E-state index contributed by atoms with van der Waals surface area (Å²) in [6.45, 7) is 0.294. The van der Waals surface area contributed by atoms with Gasteiger partial charge in [0, 0.05) is 18.8 Å². The van der Waals surface area contributed by atoms with E-state index in [2.05, 4.69) is 10.3 Å². The molecule has 6 nitrogen and oxygen atoms in total. The molecule has 0 bridgehead atoms. The Labute approximate surface area is 158 Å². The molecule has 0 aliphatic heterocycles. The van der Waals surface area contributed by atoms with Gasteiger partial charge in [0.05, 0.1) is 22.8 Å². The van der Waals surface area contributed by atoms with Crippen molar-refractivity contribution in [1.29, 1.82) is 0 Å². The van der Waals surface area contributed by atoms with E-state index < -0.39 is 10.0 Å². The number of carbonyl (C=O) groups excluding carboxylic acids is 1. The Morgan fingerprint density at radius 2 is 1.74 bits per heavy atom. The van der Waals surface area contributed by atoms with E-state index in [-0.39, 0.29) is 10.8 Å². The number of benzene rings is 2. The van der Waals surface area contributed by atoms with Crippen LogP contribution in [0.3, 0.4) is 0 Å². The molecule has 0 saturated carbocycles. The van der Waals surface area contributed by atoms with Gasteiger partial charge in [0.25, 0.3) is 15.9 Å². The van der Waals surface area contributed by atoms with Crippen molar-refractivity contribution in [3.63, 3.8) is 0 Å². The fourth-order valence-electron chi connectivity index (χ4n) is 2.51. The lowest BCUT2D eigenvalue weighted by atomic mass is 10.2. The summed E-state index contributed by atoms with van der Waals surface area (Å²) in [5.41, 5.74) is 1.52. The lowest BCUT2D eigenvalue weighted by molar-refractivity contribution is 0.0950. The van der Waals surface area contributed by atoms with Crippen molar-refractivity contribution in [3.8, 4) is 0 Å². The number of aromatic nitrogens is 1. The number of anilines is 1. The molecule has 1 aromatic heterocycles. The summed E-state index contributed by atoms with van der Waals surface area (Å²) in [7, 11) is -2.23. The molecular formula is C20H19N3O3S. The highest BCUT2D eigenvalue weighted by Gasteiger charge is 2.21. The van der Waals surface area contributed by atoms with E-state index in [1.165, 1.54) is 19.2 Å². The Morgan fingerprint density at radius 1 is 1.00 bits per heavy atom. The standard InChI is InChI=1S/C20H19N3O3S/c1-23(27(25,26)19-11-3-2-4-12-19)18-10-7-8-16(14-18)20(24)22-15-17-9-5-6-13-21-17/h2-14H,15H2,1H3,(H,22,24). The zero-order chi connectivity index (χ0) is 19.3. The molecule has 0 radical (unpaired) electrons. The molecular weight excluding hydrogens is 362 g/mol. The van der Waals surface area contributed by atoms with Crippen molar-refractivity contribution in [1.82, 2.24) is 10.3 Å². The Balaban J connectivity index is 1.77. The topological polar surface area (TPSA) is 79.4 Å².